The van der Waals surface area contributed by atoms with Crippen LogP contribution in [0.5, 0.6) is 11.5 Å². The van der Waals surface area contributed by atoms with E-state index in [1.165, 1.54) is 25.3 Å². The maximum Gasteiger partial charge on any atom is 1.00 e. The molecule has 0 atom stereocenters. The van der Waals surface area contributed by atoms with Crippen molar-refractivity contribution in [3.05, 3.63) is 81.8 Å². The van der Waals surface area contributed by atoms with Gasteiger partial charge in [0.15, 0.2) is 0 Å². The molecule has 0 aliphatic rings. The van der Waals surface area contributed by atoms with E-state index in [1.54, 1.807) is 43.3 Å². The third-order valence-corrected chi connectivity index (χ3v) is 7.44. The van der Waals surface area contributed by atoms with Gasteiger partial charge in [-0.1, -0.05) is 60.1 Å². The first-order valence-electron chi connectivity index (χ1n) is 11.1. The van der Waals surface area contributed by atoms with Crippen molar-refractivity contribution in [1.82, 2.24) is 0 Å². The number of methoxy groups -OCH3 is 1. The summed E-state index contributed by atoms with van der Waals surface area (Å²) in [6.45, 7) is 1.72. The molecule has 0 radical (unpaired) electrons. The van der Waals surface area contributed by atoms with Crippen molar-refractivity contribution in [3.8, 4) is 11.5 Å². The summed E-state index contributed by atoms with van der Waals surface area (Å²) >= 11 is 12.3. The summed E-state index contributed by atoms with van der Waals surface area (Å²) in [5.41, 5.74) is 0.625. The van der Waals surface area contributed by atoms with E-state index in [9.17, 15) is 22.9 Å². The Bertz CT molecular complexity index is 1710. The molecular weight excluding hydrogens is 576 g/mol. The van der Waals surface area contributed by atoms with E-state index < -0.39 is 26.7 Å². The molecule has 0 aliphatic heterocycles. The second-order valence-corrected chi connectivity index (χ2v) is 10.2. The molecule has 39 heavy (non-hydrogen) atoms. The summed E-state index contributed by atoms with van der Waals surface area (Å²) in [4.78, 5) is 12.6. The Balaban J connectivity index is 0.00000420. The molecule has 0 unspecified atom stereocenters. The number of anilines is 1. The molecule has 4 aromatic carbocycles. The van der Waals surface area contributed by atoms with Crippen LogP contribution < -0.4 is 44.7 Å². The van der Waals surface area contributed by atoms with Gasteiger partial charge in [0.25, 0.3) is 16.0 Å². The smallest absolute Gasteiger partial charge is 0.870 e. The van der Waals surface area contributed by atoms with E-state index in [0.29, 0.717) is 27.8 Å². The Morgan fingerprint density at radius 2 is 1.79 bits per heavy atom. The van der Waals surface area contributed by atoms with Crippen LogP contribution in [-0.2, 0) is 16.5 Å². The number of ether oxygens (including phenoxy) is 1. The van der Waals surface area contributed by atoms with Gasteiger partial charge >= 0.3 is 29.6 Å². The Kier molecular flexibility index (Phi) is 10.0. The molecule has 0 saturated heterocycles. The summed E-state index contributed by atoms with van der Waals surface area (Å²) in [5.74, 6) is -0.907. The monoisotopic (exact) mass is 595 g/mol. The number of amides is 1. The molecule has 0 spiro atoms. The summed E-state index contributed by atoms with van der Waals surface area (Å²) < 4.78 is 37.8. The number of benzene rings is 4. The van der Waals surface area contributed by atoms with Crippen LogP contribution in [0.15, 0.2) is 75.8 Å². The maximum atomic E-state index is 13.4. The molecule has 4 rings (SSSR count). The van der Waals surface area contributed by atoms with Crippen LogP contribution in [0.4, 0.5) is 17.1 Å². The van der Waals surface area contributed by atoms with Gasteiger partial charge in [0.05, 0.1) is 28.5 Å². The number of hydrogen-bond acceptors (Lipinski definition) is 7. The summed E-state index contributed by atoms with van der Waals surface area (Å²) in [5, 5.41) is 25.5. The van der Waals surface area contributed by atoms with Crippen molar-refractivity contribution >= 4 is 67.1 Å². The van der Waals surface area contributed by atoms with Crippen LogP contribution in [0.3, 0.4) is 0 Å². The van der Waals surface area contributed by atoms with E-state index in [0.717, 1.165) is 6.07 Å². The maximum absolute atomic E-state index is 13.4. The van der Waals surface area contributed by atoms with Crippen molar-refractivity contribution < 1.29 is 57.2 Å². The molecule has 0 aromatic heterocycles. The molecule has 0 aliphatic carbocycles. The van der Waals surface area contributed by atoms with Gasteiger partial charge in [0, 0.05) is 16.6 Å². The van der Waals surface area contributed by atoms with Gasteiger partial charge in [-0.3, -0.25) is 9.35 Å². The van der Waals surface area contributed by atoms with Crippen LogP contribution >= 0.6 is 23.2 Å². The first-order valence-corrected chi connectivity index (χ1v) is 13.3. The summed E-state index contributed by atoms with van der Waals surface area (Å²) in [6.07, 6.45) is 0.272. The second kappa shape index (κ2) is 12.6. The van der Waals surface area contributed by atoms with E-state index in [4.69, 9.17) is 27.9 Å². The Morgan fingerprint density at radius 1 is 1.08 bits per heavy atom. The molecule has 13 heteroatoms. The summed E-state index contributed by atoms with van der Waals surface area (Å²) in [6, 6.07) is 15.4. The van der Waals surface area contributed by atoms with Gasteiger partial charge in [-0.05, 0) is 53.8 Å². The van der Waals surface area contributed by atoms with Gasteiger partial charge in [0.2, 0.25) is 0 Å². The molecule has 4 aromatic rings. The van der Waals surface area contributed by atoms with E-state index >= 15 is 0 Å². The molecule has 0 fully saturated rings. The number of azo groups is 1. The minimum atomic E-state index is -4.55. The van der Waals surface area contributed by atoms with E-state index in [1.807, 2.05) is 0 Å². The number of carbonyl (C=O) groups excluding carboxylic acids is 1. The predicted octanol–water partition coefficient (Wildman–Crippen LogP) is 3.71. The van der Waals surface area contributed by atoms with Crippen LogP contribution in [-0.4, -0.2) is 26.0 Å². The quantitative estimate of drug-likeness (QED) is 0.189. The second-order valence-electron chi connectivity index (χ2n) is 8.03. The largest absolute Gasteiger partial charge is 1.00 e. The molecule has 2 N–H and O–H groups in total. The topological polar surface area (TPSA) is 140 Å². The van der Waals surface area contributed by atoms with Crippen LogP contribution in [0.1, 0.15) is 22.8 Å². The zero-order valence-electron chi connectivity index (χ0n) is 21.0. The molecular formula is C26H20Cl2N3NaO6S. The standard InChI is InChI=1S/C26H21Cl2N3O6S.Na/c1-3-16-20(9-11-22(23(16)28)38(34,35)36)30-31-24-17-7-5-4-6-14(17)12-18(25(24)32)26(33)29-15-8-10-21(37-2)19(27)13-15;/h4-13,32H,3H2,1-2H3,(H,29,33)(H,34,35,36);/q;+1/p-1. The molecule has 0 heterocycles. The fraction of sp³-hybridized carbons (Fsp3) is 0.115. The van der Waals surface area contributed by atoms with Gasteiger partial charge < -0.3 is 15.2 Å². The van der Waals surface area contributed by atoms with E-state index in [-0.39, 0.29) is 63.0 Å². The third kappa shape index (κ3) is 6.55. The minimum Gasteiger partial charge on any atom is -0.870 e. The zero-order chi connectivity index (χ0) is 27.6. The number of fused-ring (bicyclic) bond motifs is 1. The van der Waals surface area contributed by atoms with Crippen molar-refractivity contribution in [2.24, 2.45) is 10.2 Å². The van der Waals surface area contributed by atoms with Crippen molar-refractivity contribution in [1.29, 1.82) is 0 Å². The van der Waals surface area contributed by atoms with Gasteiger partial charge in [-0.25, -0.2) is 0 Å². The number of halogens is 2. The molecule has 196 valence electrons. The Morgan fingerprint density at radius 3 is 2.44 bits per heavy atom. The number of nitrogens with zero attached hydrogens (tertiary/aromatic N) is 2. The molecule has 0 saturated carbocycles. The average molecular weight is 596 g/mol. The van der Waals surface area contributed by atoms with Crippen molar-refractivity contribution in [2.45, 2.75) is 18.2 Å². The van der Waals surface area contributed by atoms with Crippen molar-refractivity contribution in [2.75, 3.05) is 12.4 Å². The normalized spacial score (nSPS) is 11.4. The van der Waals surface area contributed by atoms with Crippen LogP contribution in [0.2, 0.25) is 10.0 Å². The van der Waals surface area contributed by atoms with Crippen LogP contribution in [0.25, 0.3) is 10.8 Å². The van der Waals surface area contributed by atoms with Crippen molar-refractivity contribution in [3.63, 3.8) is 0 Å². The molecule has 0 bridgehead atoms. The third-order valence-electron chi connectivity index (χ3n) is 5.70. The predicted molar refractivity (Wildman–Crippen MR) is 144 cm³/mol. The molecule has 9 nitrogen and oxygen atoms in total. The zero-order valence-corrected chi connectivity index (χ0v) is 25.4. The fourth-order valence-electron chi connectivity index (χ4n) is 3.84. The summed E-state index contributed by atoms with van der Waals surface area (Å²) in [7, 11) is -3.08. The first-order chi connectivity index (χ1) is 18.0. The van der Waals surface area contributed by atoms with Gasteiger partial charge in [0.1, 0.15) is 10.6 Å². The molecule has 1 amide bonds. The minimum absolute atomic E-state index is 0. The first kappa shape index (κ1) is 30.8. The number of hydrogen-bond donors (Lipinski definition) is 2. The Labute approximate surface area is 256 Å². The number of carbonyl (C=O) groups is 1. The number of nitrogens with one attached hydrogen (secondary N) is 1. The fourth-order valence-corrected chi connectivity index (χ4v) is 5.28. The van der Waals surface area contributed by atoms with E-state index in [2.05, 4.69) is 15.5 Å². The Hall–Kier alpha value is -2.70. The van der Waals surface area contributed by atoms with Gasteiger partial charge in [-0.2, -0.15) is 18.6 Å². The SMILES string of the molecule is CCc1c(N=Nc2c([O-])c(C(=O)Nc3ccc(OC)c(Cl)c3)cc3ccccc23)ccc(S(=O)(=O)O)c1Cl.[Na+]. The van der Waals surface area contributed by atoms with Gasteiger partial charge in [-0.15, -0.1) is 0 Å². The van der Waals surface area contributed by atoms with Crippen LogP contribution in [0, 0.1) is 0 Å². The number of rotatable bonds is 7. The average Bonchev–Trinajstić information content (AvgIpc) is 2.87.